The number of piperidine rings is 1. The SMILES string of the molecule is CC(C)c1cnn2c(NCC3CCNCC3)cc(NC3CCOCC3)nc12. The number of nitrogens with zero attached hydrogens (tertiary/aromatic N) is 3. The van der Waals surface area contributed by atoms with Crippen LogP contribution < -0.4 is 16.0 Å². The van der Waals surface area contributed by atoms with Crippen LogP contribution in [-0.4, -0.2) is 53.5 Å². The lowest BCUT2D eigenvalue weighted by Gasteiger charge is -2.25. The first-order chi connectivity index (χ1) is 13.2. The van der Waals surface area contributed by atoms with Gasteiger partial charge in [-0.3, -0.25) is 0 Å². The van der Waals surface area contributed by atoms with Crippen molar-refractivity contribution in [3.8, 4) is 0 Å². The summed E-state index contributed by atoms with van der Waals surface area (Å²) in [7, 11) is 0. The van der Waals surface area contributed by atoms with E-state index in [0.29, 0.717) is 17.9 Å². The van der Waals surface area contributed by atoms with Gasteiger partial charge in [-0.2, -0.15) is 9.61 Å². The van der Waals surface area contributed by atoms with Crippen LogP contribution in [0.2, 0.25) is 0 Å². The first-order valence-electron chi connectivity index (χ1n) is 10.4. The Morgan fingerprint density at radius 1 is 1.22 bits per heavy atom. The summed E-state index contributed by atoms with van der Waals surface area (Å²) < 4.78 is 7.45. The van der Waals surface area contributed by atoms with Gasteiger partial charge in [0.05, 0.1) is 6.20 Å². The van der Waals surface area contributed by atoms with Gasteiger partial charge in [0.15, 0.2) is 5.65 Å². The van der Waals surface area contributed by atoms with Gasteiger partial charge in [0, 0.05) is 37.4 Å². The van der Waals surface area contributed by atoms with Crippen LogP contribution in [-0.2, 0) is 4.74 Å². The van der Waals surface area contributed by atoms with Gasteiger partial charge in [-0.15, -0.1) is 0 Å². The third-order valence-corrected chi connectivity index (χ3v) is 5.72. The van der Waals surface area contributed by atoms with E-state index in [1.54, 1.807) is 0 Å². The van der Waals surface area contributed by atoms with Crippen LogP contribution in [0.1, 0.15) is 51.0 Å². The number of aromatic nitrogens is 3. The van der Waals surface area contributed by atoms with Gasteiger partial charge >= 0.3 is 0 Å². The Morgan fingerprint density at radius 2 is 2.00 bits per heavy atom. The summed E-state index contributed by atoms with van der Waals surface area (Å²) >= 11 is 0. The standard InChI is InChI=1S/C20H32N6O/c1-14(2)17-13-23-26-19(22-12-15-3-7-21-8-4-15)11-18(25-20(17)26)24-16-5-9-27-10-6-16/h11,13-16,21-22H,3-10,12H2,1-2H3,(H,24,25). The largest absolute Gasteiger partial charge is 0.381 e. The zero-order valence-corrected chi connectivity index (χ0v) is 16.5. The van der Waals surface area contributed by atoms with Crippen molar-refractivity contribution >= 4 is 17.3 Å². The van der Waals surface area contributed by atoms with Crippen molar-refractivity contribution in [1.29, 1.82) is 0 Å². The van der Waals surface area contributed by atoms with E-state index in [2.05, 4.69) is 41.0 Å². The molecule has 2 saturated heterocycles. The monoisotopic (exact) mass is 372 g/mol. The summed E-state index contributed by atoms with van der Waals surface area (Å²) in [4.78, 5) is 4.90. The molecule has 0 unspecified atom stereocenters. The van der Waals surface area contributed by atoms with E-state index in [1.165, 1.54) is 18.4 Å². The highest BCUT2D eigenvalue weighted by atomic mass is 16.5. The van der Waals surface area contributed by atoms with Crippen LogP contribution in [0.4, 0.5) is 11.6 Å². The smallest absolute Gasteiger partial charge is 0.163 e. The molecular formula is C20H32N6O. The predicted octanol–water partition coefficient (Wildman–Crippen LogP) is 2.86. The Bertz CT molecular complexity index is 746. The first kappa shape index (κ1) is 18.5. The van der Waals surface area contributed by atoms with Gasteiger partial charge in [0.2, 0.25) is 0 Å². The van der Waals surface area contributed by atoms with Gasteiger partial charge in [0.25, 0.3) is 0 Å². The number of ether oxygens (including phenoxy) is 1. The normalized spacial score (nSPS) is 19.7. The van der Waals surface area contributed by atoms with Crippen molar-refractivity contribution in [3.05, 3.63) is 17.8 Å². The highest BCUT2D eigenvalue weighted by Gasteiger charge is 2.19. The first-order valence-corrected chi connectivity index (χ1v) is 10.4. The number of anilines is 2. The van der Waals surface area contributed by atoms with Crippen molar-refractivity contribution in [2.75, 3.05) is 43.5 Å². The fourth-order valence-corrected chi connectivity index (χ4v) is 3.97. The summed E-state index contributed by atoms with van der Waals surface area (Å²) in [5.74, 6) is 3.07. The number of nitrogens with one attached hydrogen (secondary N) is 3. The van der Waals surface area contributed by atoms with E-state index in [9.17, 15) is 0 Å². The van der Waals surface area contributed by atoms with Gasteiger partial charge < -0.3 is 20.7 Å². The zero-order chi connectivity index (χ0) is 18.6. The molecule has 148 valence electrons. The summed E-state index contributed by atoms with van der Waals surface area (Å²) in [6, 6.07) is 2.54. The minimum Gasteiger partial charge on any atom is -0.381 e. The fraction of sp³-hybridized carbons (Fsp3) is 0.700. The van der Waals surface area contributed by atoms with Crippen molar-refractivity contribution in [2.45, 2.75) is 51.5 Å². The number of fused-ring (bicyclic) bond motifs is 1. The summed E-state index contributed by atoms with van der Waals surface area (Å²) in [6.45, 7) is 9.25. The molecule has 2 fully saturated rings. The van der Waals surface area contributed by atoms with E-state index in [1.807, 2.05) is 10.7 Å². The lowest BCUT2D eigenvalue weighted by atomic mass is 9.98. The quantitative estimate of drug-likeness (QED) is 0.724. The van der Waals surface area contributed by atoms with Crippen molar-refractivity contribution in [1.82, 2.24) is 19.9 Å². The molecule has 3 N–H and O–H groups in total. The van der Waals surface area contributed by atoms with Crippen LogP contribution in [0.5, 0.6) is 0 Å². The predicted molar refractivity (Wildman–Crippen MR) is 109 cm³/mol. The van der Waals surface area contributed by atoms with Gasteiger partial charge in [-0.1, -0.05) is 13.8 Å². The molecule has 7 heteroatoms. The highest BCUT2D eigenvalue weighted by molar-refractivity contribution is 5.61. The lowest BCUT2D eigenvalue weighted by Crippen LogP contribution is -2.31. The number of hydrogen-bond acceptors (Lipinski definition) is 6. The lowest BCUT2D eigenvalue weighted by molar-refractivity contribution is 0.0904. The molecule has 0 atom stereocenters. The molecule has 2 aromatic rings. The molecule has 2 aliphatic rings. The van der Waals surface area contributed by atoms with E-state index in [0.717, 1.165) is 63.0 Å². The molecule has 0 radical (unpaired) electrons. The highest BCUT2D eigenvalue weighted by Crippen LogP contribution is 2.25. The van der Waals surface area contributed by atoms with E-state index >= 15 is 0 Å². The van der Waals surface area contributed by atoms with Gasteiger partial charge in [-0.05, 0) is 50.6 Å². The Labute approximate surface area is 161 Å². The maximum Gasteiger partial charge on any atom is 0.163 e. The Kier molecular flexibility index (Phi) is 5.78. The molecule has 4 rings (SSSR count). The average molecular weight is 373 g/mol. The van der Waals surface area contributed by atoms with Gasteiger partial charge in [0.1, 0.15) is 11.6 Å². The number of rotatable bonds is 6. The molecular weight excluding hydrogens is 340 g/mol. The molecule has 2 aromatic heterocycles. The molecule has 0 saturated carbocycles. The molecule has 7 nitrogen and oxygen atoms in total. The summed E-state index contributed by atoms with van der Waals surface area (Å²) in [5, 5.41) is 15.3. The molecule has 0 spiro atoms. The van der Waals surface area contributed by atoms with Crippen LogP contribution in [0.25, 0.3) is 5.65 Å². The van der Waals surface area contributed by atoms with Crippen LogP contribution >= 0.6 is 0 Å². The van der Waals surface area contributed by atoms with Crippen molar-refractivity contribution < 1.29 is 4.74 Å². The number of hydrogen-bond donors (Lipinski definition) is 3. The molecule has 0 bridgehead atoms. The summed E-state index contributed by atoms with van der Waals surface area (Å²) in [5.41, 5.74) is 2.14. The fourth-order valence-electron chi connectivity index (χ4n) is 3.97. The van der Waals surface area contributed by atoms with Crippen molar-refractivity contribution in [3.63, 3.8) is 0 Å². The average Bonchev–Trinajstić information content (AvgIpc) is 3.12. The van der Waals surface area contributed by atoms with Crippen LogP contribution in [0, 0.1) is 5.92 Å². The molecule has 0 aliphatic carbocycles. The second-order valence-electron chi connectivity index (χ2n) is 8.12. The third-order valence-electron chi connectivity index (χ3n) is 5.72. The molecule has 2 aliphatic heterocycles. The van der Waals surface area contributed by atoms with Gasteiger partial charge in [-0.25, -0.2) is 4.98 Å². The maximum absolute atomic E-state index is 5.48. The molecule has 0 aromatic carbocycles. The van der Waals surface area contributed by atoms with Crippen LogP contribution in [0.3, 0.4) is 0 Å². The Morgan fingerprint density at radius 3 is 2.74 bits per heavy atom. The van der Waals surface area contributed by atoms with E-state index in [-0.39, 0.29) is 0 Å². The van der Waals surface area contributed by atoms with Crippen LogP contribution in [0.15, 0.2) is 12.3 Å². The van der Waals surface area contributed by atoms with Crippen molar-refractivity contribution in [2.24, 2.45) is 5.92 Å². The zero-order valence-electron chi connectivity index (χ0n) is 16.5. The Hall–Kier alpha value is -1.86. The second kappa shape index (κ2) is 8.44. The van der Waals surface area contributed by atoms with E-state index < -0.39 is 0 Å². The molecule has 27 heavy (non-hydrogen) atoms. The minimum absolute atomic E-state index is 0.394. The second-order valence-corrected chi connectivity index (χ2v) is 8.12. The molecule has 0 amide bonds. The maximum atomic E-state index is 5.48. The summed E-state index contributed by atoms with van der Waals surface area (Å²) in [6.07, 6.45) is 6.47. The topological polar surface area (TPSA) is 75.5 Å². The Balaban J connectivity index is 1.58. The van der Waals surface area contributed by atoms with E-state index in [4.69, 9.17) is 9.72 Å². The minimum atomic E-state index is 0.394. The molecule has 4 heterocycles. The third kappa shape index (κ3) is 4.35.